The highest BCUT2D eigenvalue weighted by molar-refractivity contribution is 8.42. The van der Waals surface area contributed by atoms with Crippen LogP contribution in [0.15, 0.2) is 86.1 Å². The SMILES string of the molecule is Oc1ccc(SC2=C(Sc3ccc(O)cc3)SC(=C3SC=CS3)S2)cc1. The predicted molar refractivity (Wildman–Crippen MR) is 121 cm³/mol. The van der Waals surface area contributed by atoms with Crippen molar-refractivity contribution in [3.05, 3.63) is 76.3 Å². The Morgan fingerprint density at radius 2 is 1.00 bits per heavy atom. The normalized spacial score (nSPS) is 16.8. The lowest BCUT2D eigenvalue weighted by Crippen LogP contribution is -1.75. The standard InChI is InChI=1S/C18H12O2S6/c19-11-1-5-13(6-2-11)23-17-18(24-14-7-3-12(20)4-8-14)26-16(25-17)15-21-9-10-22-15/h1-10,19-20H. The van der Waals surface area contributed by atoms with Gasteiger partial charge in [0.15, 0.2) is 0 Å². The number of benzene rings is 2. The van der Waals surface area contributed by atoms with E-state index in [1.54, 1.807) is 71.3 Å². The lowest BCUT2D eigenvalue weighted by Gasteiger charge is -2.05. The first kappa shape index (κ1) is 18.7. The van der Waals surface area contributed by atoms with E-state index in [9.17, 15) is 10.2 Å². The molecule has 0 saturated heterocycles. The van der Waals surface area contributed by atoms with Gasteiger partial charge in [0.1, 0.15) is 11.5 Å². The van der Waals surface area contributed by atoms with E-state index in [1.165, 1.54) is 16.9 Å². The highest BCUT2D eigenvalue weighted by Gasteiger charge is 2.27. The van der Waals surface area contributed by atoms with Crippen LogP contribution in [0.5, 0.6) is 11.5 Å². The third kappa shape index (κ3) is 4.61. The molecule has 2 N–H and O–H groups in total. The van der Waals surface area contributed by atoms with Crippen molar-refractivity contribution in [2.24, 2.45) is 0 Å². The highest BCUT2D eigenvalue weighted by atomic mass is 32.3. The summed E-state index contributed by atoms with van der Waals surface area (Å²) < 4.78 is 5.13. The summed E-state index contributed by atoms with van der Waals surface area (Å²) in [7, 11) is 0. The van der Waals surface area contributed by atoms with Gasteiger partial charge >= 0.3 is 0 Å². The molecule has 2 aliphatic rings. The van der Waals surface area contributed by atoms with Crippen molar-refractivity contribution in [3.63, 3.8) is 0 Å². The van der Waals surface area contributed by atoms with Crippen molar-refractivity contribution in [1.29, 1.82) is 0 Å². The van der Waals surface area contributed by atoms with E-state index in [2.05, 4.69) is 10.8 Å². The number of aromatic hydroxyl groups is 2. The van der Waals surface area contributed by atoms with E-state index in [-0.39, 0.29) is 11.5 Å². The van der Waals surface area contributed by atoms with E-state index in [1.807, 2.05) is 47.8 Å². The largest absolute Gasteiger partial charge is 0.508 e. The average molecular weight is 453 g/mol. The molecule has 2 aromatic rings. The fourth-order valence-electron chi connectivity index (χ4n) is 2.03. The van der Waals surface area contributed by atoms with Crippen molar-refractivity contribution in [1.82, 2.24) is 0 Å². The maximum absolute atomic E-state index is 9.50. The van der Waals surface area contributed by atoms with Gasteiger partial charge in [0.05, 0.1) is 16.9 Å². The molecule has 0 amide bonds. The van der Waals surface area contributed by atoms with Crippen LogP contribution in [0.1, 0.15) is 0 Å². The van der Waals surface area contributed by atoms with Crippen LogP contribution in [0.25, 0.3) is 0 Å². The highest BCUT2D eigenvalue weighted by Crippen LogP contribution is 2.63. The quantitative estimate of drug-likeness (QED) is 0.490. The van der Waals surface area contributed by atoms with Gasteiger partial charge in [-0.2, -0.15) is 0 Å². The van der Waals surface area contributed by atoms with Gasteiger partial charge in [-0.1, -0.05) is 70.6 Å². The second-order valence-corrected chi connectivity index (χ2v) is 12.1. The molecule has 0 radical (unpaired) electrons. The summed E-state index contributed by atoms with van der Waals surface area (Å²) in [6.45, 7) is 0. The fraction of sp³-hybridized carbons (Fsp3) is 0. The Morgan fingerprint density at radius 1 is 0.577 bits per heavy atom. The molecule has 2 heterocycles. The summed E-state index contributed by atoms with van der Waals surface area (Å²) in [4.78, 5) is 2.21. The number of hydrogen-bond acceptors (Lipinski definition) is 8. The molecule has 8 heteroatoms. The Hall–Kier alpha value is -0.640. The molecule has 2 aromatic carbocycles. The van der Waals surface area contributed by atoms with Crippen molar-refractivity contribution >= 4 is 70.6 Å². The number of rotatable bonds is 4. The van der Waals surface area contributed by atoms with Crippen LogP contribution < -0.4 is 0 Å². The van der Waals surface area contributed by atoms with Crippen molar-refractivity contribution < 1.29 is 10.2 Å². The van der Waals surface area contributed by atoms with Gasteiger partial charge in [-0.25, -0.2) is 0 Å². The van der Waals surface area contributed by atoms with E-state index in [0.717, 1.165) is 9.79 Å². The van der Waals surface area contributed by atoms with Crippen molar-refractivity contribution in [2.75, 3.05) is 0 Å². The first-order valence-electron chi connectivity index (χ1n) is 7.44. The zero-order valence-electron chi connectivity index (χ0n) is 13.1. The summed E-state index contributed by atoms with van der Waals surface area (Å²) in [6, 6.07) is 14.6. The lowest BCUT2D eigenvalue weighted by atomic mass is 10.3. The average Bonchev–Trinajstić information content (AvgIpc) is 3.29. The minimum atomic E-state index is 0.281. The second-order valence-electron chi connectivity index (χ2n) is 5.05. The Balaban J connectivity index is 1.60. The van der Waals surface area contributed by atoms with Gasteiger partial charge < -0.3 is 10.2 Å². The molecule has 0 spiro atoms. The molecule has 0 aromatic heterocycles. The van der Waals surface area contributed by atoms with Crippen LogP contribution in [0.3, 0.4) is 0 Å². The summed E-state index contributed by atoms with van der Waals surface area (Å²) in [5.74, 6) is 0.561. The number of phenols is 2. The molecule has 0 fully saturated rings. The molecule has 4 rings (SSSR count). The van der Waals surface area contributed by atoms with Gasteiger partial charge in [-0.05, 0) is 59.3 Å². The minimum Gasteiger partial charge on any atom is -0.508 e. The lowest BCUT2D eigenvalue weighted by molar-refractivity contribution is 0.474. The summed E-state index contributed by atoms with van der Waals surface area (Å²) >= 11 is 10.6. The van der Waals surface area contributed by atoms with Gasteiger partial charge in [0.2, 0.25) is 0 Å². The van der Waals surface area contributed by atoms with Gasteiger partial charge in [0, 0.05) is 9.79 Å². The smallest absolute Gasteiger partial charge is 0.115 e. The van der Waals surface area contributed by atoms with Crippen LogP contribution >= 0.6 is 70.6 Å². The topological polar surface area (TPSA) is 40.5 Å². The summed E-state index contributed by atoms with van der Waals surface area (Å²) in [6.07, 6.45) is 0. The zero-order chi connectivity index (χ0) is 17.9. The molecule has 0 unspecified atom stereocenters. The Bertz CT molecular complexity index is 829. The molecular formula is C18H12O2S6. The van der Waals surface area contributed by atoms with Crippen LogP contribution in [0.4, 0.5) is 0 Å². The first-order valence-corrected chi connectivity index (χ1v) is 12.5. The molecule has 132 valence electrons. The third-order valence-corrected chi connectivity index (χ3v) is 11.2. The number of hydrogen-bond donors (Lipinski definition) is 2. The molecular weight excluding hydrogens is 441 g/mol. The molecule has 2 nitrogen and oxygen atoms in total. The first-order chi connectivity index (χ1) is 12.7. The molecule has 0 atom stereocenters. The third-order valence-electron chi connectivity index (χ3n) is 3.20. The molecule has 0 saturated carbocycles. The van der Waals surface area contributed by atoms with E-state index in [0.29, 0.717) is 0 Å². The van der Waals surface area contributed by atoms with Crippen LogP contribution in [0, 0.1) is 0 Å². The van der Waals surface area contributed by atoms with Crippen molar-refractivity contribution in [3.8, 4) is 11.5 Å². The maximum Gasteiger partial charge on any atom is 0.115 e. The molecule has 0 aliphatic carbocycles. The van der Waals surface area contributed by atoms with E-state index < -0.39 is 0 Å². The van der Waals surface area contributed by atoms with Crippen LogP contribution in [-0.4, -0.2) is 10.2 Å². The van der Waals surface area contributed by atoms with E-state index >= 15 is 0 Å². The van der Waals surface area contributed by atoms with Gasteiger partial charge in [-0.15, -0.1) is 0 Å². The predicted octanol–water partition coefficient (Wildman–Crippen LogP) is 7.67. The Kier molecular flexibility index (Phi) is 6.17. The van der Waals surface area contributed by atoms with Crippen LogP contribution in [-0.2, 0) is 0 Å². The van der Waals surface area contributed by atoms with E-state index in [4.69, 9.17) is 0 Å². The number of phenolic OH excluding ortho intramolecular Hbond substituents is 2. The second kappa shape index (κ2) is 8.58. The number of thioether (sulfide) groups is 6. The molecule has 2 aliphatic heterocycles. The Labute approximate surface area is 177 Å². The van der Waals surface area contributed by atoms with Gasteiger partial charge in [-0.3, -0.25) is 0 Å². The van der Waals surface area contributed by atoms with Crippen LogP contribution in [0.2, 0.25) is 0 Å². The maximum atomic E-state index is 9.50. The van der Waals surface area contributed by atoms with Crippen molar-refractivity contribution in [2.45, 2.75) is 9.79 Å². The van der Waals surface area contributed by atoms with Gasteiger partial charge in [0.25, 0.3) is 0 Å². The minimum absolute atomic E-state index is 0.281. The molecule has 0 bridgehead atoms. The zero-order valence-corrected chi connectivity index (χ0v) is 18.0. The fourth-order valence-corrected chi connectivity index (χ4v) is 9.75. The summed E-state index contributed by atoms with van der Waals surface area (Å²) in [5, 5.41) is 23.2. The molecule has 26 heavy (non-hydrogen) atoms. The summed E-state index contributed by atoms with van der Waals surface area (Å²) in [5.41, 5.74) is 0. The monoisotopic (exact) mass is 452 g/mol. The Morgan fingerprint density at radius 3 is 1.42 bits per heavy atom.